The lowest BCUT2D eigenvalue weighted by atomic mass is 10.3. The molecule has 0 aromatic carbocycles. The number of ether oxygens (including phenoxy) is 1. The molecule has 2 aromatic rings. The first-order valence-electron chi connectivity index (χ1n) is 5.72. The van der Waals surface area contributed by atoms with E-state index in [1.54, 1.807) is 19.1 Å². The summed E-state index contributed by atoms with van der Waals surface area (Å²) in [5.41, 5.74) is 1.40. The van der Waals surface area contributed by atoms with E-state index in [9.17, 15) is 9.59 Å². The number of aryl methyl sites for hydroxylation is 1. The highest BCUT2D eigenvalue weighted by Crippen LogP contribution is 2.19. The van der Waals surface area contributed by atoms with Gasteiger partial charge in [0.05, 0.1) is 12.8 Å². The Kier molecular flexibility index (Phi) is 4.05. The third-order valence-electron chi connectivity index (χ3n) is 2.54. The Bertz CT molecular complexity index is 667. The van der Waals surface area contributed by atoms with Crippen molar-refractivity contribution in [2.24, 2.45) is 0 Å². The van der Waals surface area contributed by atoms with Gasteiger partial charge in [0.25, 0.3) is 5.91 Å². The molecule has 0 saturated carbocycles. The van der Waals surface area contributed by atoms with Crippen molar-refractivity contribution in [3.63, 3.8) is 0 Å². The molecule has 0 aliphatic rings. The number of amides is 1. The van der Waals surface area contributed by atoms with Crippen LogP contribution in [-0.4, -0.2) is 29.0 Å². The minimum atomic E-state index is -0.563. The molecule has 6 nitrogen and oxygen atoms in total. The molecule has 0 unspecified atom stereocenters. The summed E-state index contributed by atoms with van der Waals surface area (Å²) in [5, 5.41) is 3.00. The average molecular weight is 294 g/mol. The molecule has 0 aliphatic carbocycles. The van der Waals surface area contributed by atoms with Gasteiger partial charge in [-0.15, -0.1) is 0 Å². The maximum atomic E-state index is 12.0. The lowest BCUT2D eigenvalue weighted by molar-refractivity contribution is 0.0596. The predicted octanol–water partition coefficient (Wildman–Crippen LogP) is 2.41. The number of esters is 1. The highest BCUT2D eigenvalue weighted by molar-refractivity contribution is 6.31. The van der Waals surface area contributed by atoms with Crippen LogP contribution in [0.3, 0.4) is 0 Å². The molecular weight excluding hydrogens is 282 g/mol. The number of aromatic amines is 1. The van der Waals surface area contributed by atoms with E-state index in [0.717, 1.165) is 5.69 Å². The first-order chi connectivity index (χ1) is 9.51. The van der Waals surface area contributed by atoms with Crippen molar-refractivity contribution in [3.05, 3.63) is 46.5 Å². The molecular formula is C13H12ClN3O3. The minimum absolute atomic E-state index is 0.159. The van der Waals surface area contributed by atoms with E-state index in [0.29, 0.717) is 10.7 Å². The molecule has 0 spiro atoms. The fourth-order valence-corrected chi connectivity index (χ4v) is 1.83. The van der Waals surface area contributed by atoms with E-state index in [1.165, 1.54) is 19.4 Å². The number of hydrogen-bond donors (Lipinski definition) is 2. The molecule has 7 heteroatoms. The van der Waals surface area contributed by atoms with Gasteiger partial charge in [0.15, 0.2) is 0 Å². The van der Waals surface area contributed by atoms with Gasteiger partial charge in [-0.05, 0) is 25.1 Å². The van der Waals surface area contributed by atoms with Crippen molar-refractivity contribution in [1.29, 1.82) is 0 Å². The van der Waals surface area contributed by atoms with Gasteiger partial charge in [-0.3, -0.25) is 9.78 Å². The Labute approximate surface area is 120 Å². The van der Waals surface area contributed by atoms with Crippen LogP contribution in [0.25, 0.3) is 0 Å². The summed E-state index contributed by atoms with van der Waals surface area (Å²) in [7, 11) is 1.27. The van der Waals surface area contributed by atoms with Crippen LogP contribution >= 0.6 is 11.6 Å². The molecule has 0 bridgehead atoms. The summed E-state index contributed by atoms with van der Waals surface area (Å²) in [6.45, 7) is 1.76. The zero-order valence-electron chi connectivity index (χ0n) is 10.9. The van der Waals surface area contributed by atoms with Gasteiger partial charge >= 0.3 is 5.97 Å². The Hall–Kier alpha value is -2.34. The number of carbonyl (C=O) groups is 2. The number of pyridine rings is 1. The van der Waals surface area contributed by atoms with Crippen LogP contribution in [0, 0.1) is 6.92 Å². The number of H-pyrrole nitrogens is 1. The van der Waals surface area contributed by atoms with Crippen molar-refractivity contribution in [1.82, 2.24) is 9.97 Å². The molecule has 1 amide bonds. The van der Waals surface area contributed by atoms with Crippen LogP contribution in [0.15, 0.2) is 24.4 Å². The average Bonchev–Trinajstić information content (AvgIpc) is 2.78. The van der Waals surface area contributed by atoms with E-state index in [2.05, 4.69) is 20.0 Å². The zero-order valence-corrected chi connectivity index (χ0v) is 11.6. The SMILES string of the molecule is COC(=O)c1[nH]c(C)cc1NC(=O)c1cc(Cl)ccn1. The minimum Gasteiger partial charge on any atom is -0.464 e. The molecule has 2 rings (SSSR count). The molecule has 0 radical (unpaired) electrons. The summed E-state index contributed by atoms with van der Waals surface area (Å²) in [4.78, 5) is 30.4. The predicted molar refractivity (Wildman–Crippen MR) is 74.1 cm³/mol. The number of halogens is 1. The van der Waals surface area contributed by atoms with Gasteiger partial charge in [0.1, 0.15) is 11.4 Å². The fourth-order valence-electron chi connectivity index (χ4n) is 1.67. The maximum Gasteiger partial charge on any atom is 0.356 e. The van der Waals surface area contributed by atoms with Gasteiger partial charge in [-0.2, -0.15) is 0 Å². The summed E-state index contributed by atoms with van der Waals surface area (Å²) >= 11 is 5.80. The monoisotopic (exact) mass is 293 g/mol. The fraction of sp³-hybridized carbons (Fsp3) is 0.154. The molecule has 2 heterocycles. The van der Waals surface area contributed by atoms with Crippen LogP contribution in [0.5, 0.6) is 0 Å². The summed E-state index contributed by atoms with van der Waals surface area (Å²) in [6.07, 6.45) is 1.43. The third-order valence-corrected chi connectivity index (χ3v) is 2.78. The summed E-state index contributed by atoms with van der Waals surface area (Å²) in [6, 6.07) is 4.64. The lowest BCUT2D eigenvalue weighted by Crippen LogP contribution is -2.15. The van der Waals surface area contributed by atoms with Gasteiger partial charge in [0.2, 0.25) is 0 Å². The first kappa shape index (κ1) is 14.1. The number of aromatic nitrogens is 2. The van der Waals surface area contributed by atoms with Crippen molar-refractivity contribution in [2.75, 3.05) is 12.4 Å². The molecule has 20 heavy (non-hydrogen) atoms. The third kappa shape index (κ3) is 2.97. The smallest absolute Gasteiger partial charge is 0.356 e. The van der Waals surface area contributed by atoms with Crippen LogP contribution < -0.4 is 5.32 Å². The van der Waals surface area contributed by atoms with E-state index in [-0.39, 0.29) is 11.4 Å². The second kappa shape index (κ2) is 5.75. The highest BCUT2D eigenvalue weighted by Gasteiger charge is 2.18. The van der Waals surface area contributed by atoms with Crippen LogP contribution in [-0.2, 0) is 4.74 Å². The first-order valence-corrected chi connectivity index (χ1v) is 6.10. The van der Waals surface area contributed by atoms with Crippen LogP contribution in [0.4, 0.5) is 5.69 Å². The highest BCUT2D eigenvalue weighted by atomic mass is 35.5. The van der Waals surface area contributed by atoms with Gasteiger partial charge in [-0.25, -0.2) is 4.79 Å². The molecule has 0 saturated heterocycles. The number of anilines is 1. The Morgan fingerprint density at radius 1 is 1.40 bits per heavy atom. The molecule has 0 atom stereocenters. The van der Waals surface area contributed by atoms with Crippen LogP contribution in [0.2, 0.25) is 5.02 Å². The number of nitrogens with zero attached hydrogens (tertiary/aromatic N) is 1. The number of rotatable bonds is 3. The summed E-state index contributed by atoms with van der Waals surface area (Å²) < 4.78 is 4.64. The summed E-state index contributed by atoms with van der Waals surface area (Å²) in [5.74, 6) is -1.02. The van der Waals surface area contributed by atoms with Gasteiger partial charge in [-0.1, -0.05) is 11.6 Å². The second-order valence-corrected chi connectivity index (χ2v) is 4.48. The standard InChI is InChI=1S/C13H12ClN3O3/c1-7-5-9(11(16-7)13(19)20-2)17-12(18)10-6-8(14)3-4-15-10/h3-6,16H,1-2H3,(H,17,18). The number of carbonyl (C=O) groups excluding carboxylic acids is 2. The normalized spacial score (nSPS) is 10.2. The Morgan fingerprint density at radius 2 is 2.15 bits per heavy atom. The second-order valence-electron chi connectivity index (χ2n) is 4.05. The molecule has 2 N–H and O–H groups in total. The molecule has 2 aromatic heterocycles. The molecule has 0 aliphatic heterocycles. The zero-order chi connectivity index (χ0) is 14.7. The van der Waals surface area contributed by atoms with Crippen LogP contribution in [0.1, 0.15) is 26.7 Å². The lowest BCUT2D eigenvalue weighted by Gasteiger charge is -2.05. The van der Waals surface area contributed by atoms with Crippen molar-refractivity contribution in [3.8, 4) is 0 Å². The van der Waals surface area contributed by atoms with Crippen molar-refractivity contribution in [2.45, 2.75) is 6.92 Å². The number of methoxy groups -OCH3 is 1. The van der Waals surface area contributed by atoms with Crippen molar-refractivity contribution >= 4 is 29.2 Å². The van der Waals surface area contributed by atoms with E-state index in [1.807, 2.05) is 0 Å². The van der Waals surface area contributed by atoms with Gasteiger partial charge < -0.3 is 15.0 Å². The number of hydrogen-bond acceptors (Lipinski definition) is 4. The molecule has 0 fully saturated rings. The molecule has 104 valence electrons. The van der Waals surface area contributed by atoms with E-state index >= 15 is 0 Å². The Morgan fingerprint density at radius 3 is 2.80 bits per heavy atom. The maximum absolute atomic E-state index is 12.0. The topological polar surface area (TPSA) is 84.1 Å². The number of nitrogens with one attached hydrogen (secondary N) is 2. The quantitative estimate of drug-likeness (QED) is 0.851. The largest absolute Gasteiger partial charge is 0.464 e. The van der Waals surface area contributed by atoms with E-state index < -0.39 is 11.9 Å². The van der Waals surface area contributed by atoms with E-state index in [4.69, 9.17) is 11.6 Å². The van der Waals surface area contributed by atoms with Crippen molar-refractivity contribution < 1.29 is 14.3 Å². The Balaban J connectivity index is 2.26. The van der Waals surface area contributed by atoms with Gasteiger partial charge in [0, 0.05) is 16.9 Å².